The largest absolute Gasteiger partial charge is 0.337 e. The lowest BCUT2D eigenvalue weighted by Gasteiger charge is -2.33. The highest BCUT2D eigenvalue weighted by atomic mass is 79.9. The van der Waals surface area contributed by atoms with E-state index in [-0.39, 0.29) is 24.2 Å². The molecule has 2 aromatic rings. The molecule has 1 saturated heterocycles. The van der Waals surface area contributed by atoms with Crippen molar-refractivity contribution in [2.75, 3.05) is 38.0 Å². The second kappa shape index (κ2) is 10.0. The molecule has 1 N–H and O–H groups in total. The maximum Gasteiger partial charge on any atom is 0.246 e. The minimum Gasteiger partial charge on any atom is -0.337 e. The van der Waals surface area contributed by atoms with Gasteiger partial charge in [0.1, 0.15) is 5.82 Å². The van der Waals surface area contributed by atoms with E-state index in [0.29, 0.717) is 42.5 Å². The number of hydrogen-bond donors (Lipinski definition) is 1. The van der Waals surface area contributed by atoms with Crippen LogP contribution < -0.4 is 5.32 Å². The van der Waals surface area contributed by atoms with Crippen LogP contribution in [0.15, 0.2) is 53.0 Å². The molecule has 0 bridgehead atoms. The summed E-state index contributed by atoms with van der Waals surface area (Å²) in [6.45, 7) is 2.40. The second-order valence-electron chi connectivity index (χ2n) is 6.63. The number of hydrogen-bond acceptors (Lipinski definition) is 3. The van der Waals surface area contributed by atoms with Gasteiger partial charge < -0.3 is 10.2 Å². The second-order valence-corrected chi connectivity index (χ2v) is 7.95. The topological polar surface area (TPSA) is 52.7 Å². The minimum absolute atomic E-state index is 0.150. The van der Waals surface area contributed by atoms with Crippen LogP contribution in [0, 0.1) is 5.82 Å². The Labute approximate surface area is 182 Å². The molecule has 1 aliphatic heterocycles. The summed E-state index contributed by atoms with van der Waals surface area (Å²) in [5.74, 6) is -0.709. The van der Waals surface area contributed by atoms with E-state index in [4.69, 9.17) is 11.6 Å². The number of benzene rings is 2. The van der Waals surface area contributed by atoms with Gasteiger partial charge in [0.05, 0.1) is 17.3 Å². The van der Waals surface area contributed by atoms with Crippen molar-refractivity contribution in [2.24, 2.45) is 0 Å². The van der Waals surface area contributed by atoms with Crippen molar-refractivity contribution in [3.63, 3.8) is 0 Å². The third-order valence-corrected chi connectivity index (χ3v) is 5.39. The maximum atomic E-state index is 13.8. The summed E-state index contributed by atoms with van der Waals surface area (Å²) >= 11 is 9.34. The highest BCUT2D eigenvalue weighted by molar-refractivity contribution is 9.10. The van der Waals surface area contributed by atoms with E-state index in [9.17, 15) is 14.0 Å². The molecule has 0 aliphatic carbocycles. The zero-order valence-corrected chi connectivity index (χ0v) is 17.9. The van der Waals surface area contributed by atoms with Crippen molar-refractivity contribution >= 4 is 51.1 Å². The molecule has 152 valence electrons. The molecule has 3 rings (SSSR count). The van der Waals surface area contributed by atoms with Gasteiger partial charge in [-0.15, -0.1) is 0 Å². The smallest absolute Gasteiger partial charge is 0.246 e. The number of nitrogens with zero attached hydrogens (tertiary/aromatic N) is 2. The van der Waals surface area contributed by atoms with Gasteiger partial charge in [0.2, 0.25) is 11.8 Å². The van der Waals surface area contributed by atoms with Crippen LogP contribution in [0.2, 0.25) is 5.02 Å². The molecule has 2 amide bonds. The molecule has 2 aromatic carbocycles. The van der Waals surface area contributed by atoms with Crippen LogP contribution in [-0.4, -0.2) is 54.3 Å². The highest BCUT2D eigenvalue weighted by Crippen LogP contribution is 2.20. The third kappa shape index (κ3) is 6.13. The van der Waals surface area contributed by atoms with Gasteiger partial charge >= 0.3 is 0 Å². The molecular formula is C21H20BrClFN3O2. The van der Waals surface area contributed by atoms with E-state index in [1.165, 1.54) is 18.2 Å². The highest BCUT2D eigenvalue weighted by Gasteiger charge is 2.21. The number of anilines is 1. The van der Waals surface area contributed by atoms with Crippen molar-refractivity contribution < 1.29 is 14.0 Å². The first-order chi connectivity index (χ1) is 13.9. The Hall–Kier alpha value is -2.22. The molecule has 29 heavy (non-hydrogen) atoms. The van der Waals surface area contributed by atoms with Crippen LogP contribution in [-0.2, 0) is 9.59 Å². The lowest BCUT2D eigenvalue weighted by atomic mass is 10.2. The number of carbonyl (C=O) groups is 2. The first-order valence-electron chi connectivity index (χ1n) is 9.11. The van der Waals surface area contributed by atoms with Gasteiger partial charge in [0.25, 0.3) is 0 Å². The number of nitrogens with one attached hydrogen (secondary N) is 1. The SMILES string of the molecule is O=C(CN1CCN(C(=O)C=Cc2cc(Br)ccc2F)CC1)Nc1ccccc1Cl. The Morgan fingerprint density at radius 2 is 1.86 bits per heavy atom. The summed E-state index contributed by atoms with van der Waals surface area (Å²) in [6.07, 6.45) is 2.86. The summed E-state index contributed by atoms with van der Waals surface area (Å²) in [7, 11) is 0. The summed E-state index contributed by atoms with van der Waals surface area (Å²) < 4.78 is 14.5. The molecule has 0 saturated carbocycles. The van der Waals surface area contributed by atoms with Crippen molar-refractivity contribution in [3.05, 3.63) is 69.4 Å². The zero-order chi connectivity index (χ0) is 20.8. The van der Waals surface area contributed by atoms with Gasteiger partial charge in [-0.05, 0) is 36.4 Å². The van der Waals surface area contributed by atoms with E-state index in [0.717, 1.165) is 4.47 Å². The molecule has 1 fully saturated rings. The fraction of sp³-hybridized carbons (Fsp3) is 0.238. The first kappa shape index (κ1) is 21.5. The number of halogens is 3. The summed E-state index contributed by atoms with van der Waals surface area (Å²) in [6, 6.07) is 11.6. The molecule has 0 unspecified atom stereocenters. The van der Waals surface area contributed by atoms with Gasteiger partial charge in [-0.25, -0.2) is 4.39 Å². The van der Waals surface area contributed by atoms with E-state index < -0.39 is 0 Å². The Bertz CT molecular complexity index is 930. The molecule has 0 radical (unpaired) electrons. The minimum atomic E-state index is -0.383. The van der Waals surface area contributed by atoms with Crippen molar-refractivity contribution in [2.45, 2.75) is 0 Å². The predicted molar refractivity (Wildman–Crippen MR) is 116 cm³/mol. The fourth-order valence-electron chi connectivity index (χ4n) is 2.99. The van der Waals surface area contributed by atoms with Crippen LogP contribution in [0.25, 0.3) is 6.08 Å². The number of piperazine rings is 1. The van der Waals surface area contributed by atoms with Crippen LogP contribution in [0.5, 0.6) is 0 Å². The number of rotatable bonds is 5. The number of para-hydroxylation sites is 1. The van der Waals surface area contributed by atoms with Crippen LogP contribution in [0.1, 0.15) is 5.56 Å². The molecular weight excluding hydrogens is 461 g/mol. The number of amides is 2. The van der Waals surface area contributed by atoms with Gasteiger partial charge in [0, 0.05) is 42.3 Å². The Morgan fingerprint density at radius 1 is 1.14 bits per heavy atom. The Kier molecular flexibility index (Phi) is 7.41. The number of carbonyl (C=O) groups excluding carboxylic acids is 2. The predicted octanol–water partition coefficient (Wildman–Crippen LogP) is 4.04. The molecule has 0 atom stereocenters. The average Bonchev–Trinajstić information content (AvgIpc) is 2.70. The van der Waals surface area contributed by atoms with E-state index >= 15 is 0 Å². The Balaban J connectivity index is 1.48. The van der Waals surface area contributed by atoms with E-state index in [1.54, 1.807) is 41.3 Å². The molecule has 5 nitrogen and oxygen atoms in total. The van der Waals surface area contributed by atoms with Crippen LogP contribution >= 0.6 is 27.5 Å². The van der Waals surface area contributed by atoms with E-state index in [1.807, 2.05) is 4.90 Å². The lowest BCUT2D eigenvalue weighted by Crippen LogP contribution is -2.50. The average molecular weight is 481 g/mol. The summed E-state index contributed by atoms with van der Waals surface area (Å²) in [5.41, 5.74) is 0.931. The molecule has 0 spiro atoms. The quantitative estimate of drug-likeness (QED) is 0.657. The fourth-order valence-corrected chi connectivity index (χ4v) is 3.55. The van der Waals surface area contributed by atoms with E-state index in [2.05, 4.69) is 21.2 Å². The van der Waals surface area contributed by atoms with Crippen molar-refractivity contribution in [1.29, 1.82) is 0 Å². The van der Waals surface area contributed by atoms with Crippen molar-refractivity contribution in [3.8, 4) is 0 Å². The maximum absolute atomic E-state index is 13.8. The van der Waals surface area contributed by atoms with Gasteiger partial charge in [-0.1, -0.05) is 39.7 Å². The Morgan fingerprint density at radius 3 is 2.59 bits per heavy atom. The standard InChI is InChI=1S/C21H20BrClFN3O2/c22-16-6-7-18(24)15(13-16)5-8-21(29)27-11-9-26(10-12-27)14-20(28)25-19-4-2-1-3-17(19)23/h1-8,13H,9-12,14H2,(H,25,28). The van der Waals surface area contributed by atoms with Gasteiger partial charge in [0.15, 0.2) is 0 Å². The molecule has 0 aromatic heterocycles. The van der Waals surface area contributed by atoms with Crippen molar-refractivity contribution in [1.82, 2.24) is 9.80 Å². The van der Waals surface area contributed by atoms with Crippen LogP contribution in [0.4, 0.5) is 10.1 Å². The van der Waals surface area contributed by atoms with Gasteiger partial charge in [-0.3, -0.25) is 14.5 Å². The molecule has 1 aliphatic rings. The summed E-state index contributed by atoms with van der Waals surface area (Å²) in [5, 5.41) is 3.29. The lowest BCUT2D eigenvalue weighted by molar-refractivity contribution is -0.127. The third-order valence-electron chi connectivity index (χ3n) is 4.56. The van der Waals surface area contributed by atoms with Gasteiger partial charge in [-0.2, -0.15) is 0 Å². The monoisotopic (exact) mass is 479 g/mol. The first-order valence-corrected chi connectivity index (χ1v) is 10.3. The molecule has 1 heterocycles. The zero-order valence-electron chi connectivity index (χ0n) is 15.6. The normalized spacial score (nSPS) is 14.9. The van der Waals surface area contributed by atoms with Crippen LogP contribution in [0.3, 0.4) is 0 Å². The molecule has 8 heteroatoms. The summed E-state index contributed by atoms with van der Waals surface area (Å²) in [4.78, 5) is 28.3.